The number of hydrogen-bond acceptors (Lipinski definition) is 4. The van der Waals surface area contributed by atoms with E-state index in [1.807, 2.05) is 44.2 Å². The summed E-state index contributed by atoms with van der Waals surface area (Å²) in [5, 5.41) is 3.39. The highest BCUT2D eigenvalue weighted by Gasteiger charge is 2.41. The van der Waals surface area contributed by atoms with E-state index in [0.29, 0.717) is 6.42 Å². The SMILES string of the molecule is Cc1ccc2c(c1)C(=O)C(C)(Cc1cc3c(cc1Br)OCO3)N2. The molecule has 0 saturated carbocycles. The van der Waals surface area contributed by atoms with Gasteiger partial charge in [-0.15, -0.1) is 0 Å². The van der Waals surface area contributed by atoms with Gasteiger partial charge in [0.25, 0.3) is 0 Å². The van der Waals surface area contributed by atoms with Gasteiger partial charge in [-0.05, 0) is 43.7 Å². The summed E-state index contributed by atoms with van der Waals surface area (Å²) in [7, 11) is 0. The minimum absolute atomic E-state index is 0.126. The molecule has 0 spiro atoms. The molecule has 4 nitrogen and oxygen atoms in total. The third kappa shape index (κ3) is 2.30. The van der Waals surface area contributed by atoms with E-state index < -0.39 is 5.54 Å². The molecule has 0 fully saturated rings. The second-order valence-corrected chi connectivity index (χ2v) is 7.16. The molecular weight excluding hydrogens is 358 g/mol. The largest absolute Gasteiger partial charge is 0.454 e. The van der Waals surface area contributed by atoms with Crippen LogP contribution in [0.5, 0.6) is 11.5 Å². The van der Waals surface area contributed by atoms with Crippen molar-refractivity contribution >= 4 is 27.4 Å². The van der Waals surface area contributed by atoms with Gasteiger partial charge in [0.2, 0.25) is 6.79 Å². The topological polar surface area (TPSA) is 47.6 Å². The standard InChI is InChI=1S/C18H16BrNO3/c1-10-3-4-14-12(5-10)17(21)18(2,20-14)8-11-6-15-16(7-13(11)19)23-9-22-15/h3-7,20H,8-9H2,1-2H3. The van der Waals surface area contributed by atoms with E-state index in [2.05, 4.69) is 21.2 Å². The predicted octanol–water partition coefficient (Wildman–Crippen LogP) is 4.10. The van der Waals surface area contributed by atoms with Gasteiger partial charge >= 0.3 is 0 Å². The number of halogens is 1. The molecule has 23 heavy (non-hydrogen) atoms. The minimum atomic E-state index is -0.660. The van der Waals surface area contributed by atoms with E-state index in [0.717, 1.165) is 38.3 Å². The number of fused-ring (bicyclic) bond motifs is 2. The molecule has 0 radical (unpaired) electrons. The van der Waals surface area contributed by atoms with Gasteiger partial charge in [-0.1, -0.05) is 27.6 Å². The van der Waals surface area contributed by atoms with E-state index in [4.69, 9.17) is 9.47 Å². The summed E-state index contributed by atoms with van der Waals surface area (Å²) in [4.78, 5) is 12.9. The number of nitrogens with one attached hydrogen (secondary N) is 1. The van der Waals surface area contributed by atoms with Gasteiger partial charge in [-0.2, -0.15) is 0 Å². The molecule has 0 amide bonds. The minimum Gasteiger partial charge on any atom is -0.454 e. The zero-order valence-electron chi connectivity index (χ0n) is 12.9. The van der Waals surface area contributed by atoms with Gasteiger partial charge in [-0.25, -0.2) is 0 Å². The van der Waals surface area contributed by atoms with Gasteiger partial charge in [0, 0.05) is 22.1 Å². The molecule has 2 aliphatic rings. The van der Waals surface area contributed by atoms with Crippen LogP contribution in [0.15, 0.2) is 34.8 Å². The zero-order chi connectivity index (χ0) is 16.2. The zero-order valence-corrected chi connectivity index (χ0v) is 14.5. The molecule has 2 heterocycles. The van der Waals surface area contributed by atoms with Gasteiger partial charge in [0.05, 0.1) is 0 Å². The highest BCUT2D eigenvalue weighted by molar-refractivity contribution is 9.10. The van der Waals surface area contributed by atoms with Crippen molar-refractivity contribution in [3.63, 3.8) is 0 Å². The Hall–Kier alpha value is -2.01. The van der Waals surface area contributed by atoms with Crippen LogP contribution in [-0.2, 0) is 6.42 Å². The lowest BCUT2D eigenvalue weighted by molar-refractivity contribution is 0.0929. The Balaban J connectivity index is 1.69. The average Bonchev–Trinajstić information content (AvgIpc) is 3.04. The molecule has 2 aliphatic heterocycles. The van der Waals surface area contributed by atoms with Gasteiger partial charge < -0.3 is 14.8 Å². The number of aryl methyl sites for hydroxylation is 1. The van der Waals surface area contributed by atoms with Crippen LogP contribution >= 0.6 is 15.9 Å². The molecule has 0 bridgehead atoms. The van der Waals surface area contributed by atoms with Crippen LogP contribution in [0.2, 0.25) is 0 Å². The summed E-state index contributed by atoms with van der Waals surface area (Å²) >= 11 is 3.57. The lowest BCUT2D eigenvalue weighted by Crippen LogP contribution is -2.40. The number of rotatable bonds is 2. The first-order valence-corrected chi connectivity index (χ1v) is 8.27. The molecule has 5 heteroatoms. The second-order valence-electron chi connectivity index (χ2n) is 6.31. The Morgan fingerprint density at radius 2 is 1.96 bits per heavy atom. The lowest BCUT2D eigenvalue weighted by Gasteiger charge is -2.24. The number of anilines is 1. The summed E-state index contributed by atoms with van der Waals surface area (Å²) in [6.45, 7) is 4.18. The Morgan fingerprint density at radius 3 is 2.74 bits per heavy atom. The van der Waals surface area contributed by atoms with E-state index in [-0.39, 0.29) is 12.6 Å². The Kier molecular flexibility index (Phi) is 3.17. The first kappa shape index (κ1) is 14.6. The summed E-state index contributed by atoms with van der Waals surface area (Å²) in [6, 6.07) is 9.78. The number of ketones is 1. The number of hydrogen-bond donors (Lipinski definition) is 1. The highest BCUT2D eigenvalue weighted by atomic mass is 79.9. The maximum absolute atomic E-state index is 12.9. The summed E-state index contributed by atoms with van der Waals surface area (Å²) < 4.78 is 11.7. The number of benzene rings is 2. The fourth-order valence-electron chi connectivity index (χ4n) is 3.21. The molecule has 2 aromatic rings. The smallest absolute Gasteiger partial charge is 0.231 e. The molecule has 1 unspecified atom stereocenters. The first-order chi connectivity index (χ1) is 11.0. The number of Topliss-reactive ketones (excluding diaryl/α,β-unsaturated/α-hetero) is 1. The van der Waals surface area contributed by atoms with Crippen molar-refractivity contribution in [2.24, 2.45) is 0 Å². The van der Waals surface area contributed by atoms with Crippen molar-refractivity contribution < 1.29 is 14.3 Å². The van der Waals surface area contributed by atoms with Crippen LogP contribution in [0.1, 0.15) is 28.4 Å². The lowest BCUT2D eigenvalue weighted by atomic mass is 9.88. The van der Waals surface area contributed by atoms with Gasteiger partial charge in [0.15, 0.2) is 17.3 Å². The average molecular weight is 374 g/mol. The van der Waals surface area contributed by atoms with Crippen LogP contribution in [0, 0.1) is 6.92 Å². The maximum Gasteiger partial charge on any atom is 0.231 e. The summed E-state index contributed by atoms with van der Waals surface area (Å²) in [5.74, 6) is 1.58. The van der Waals surface area contributed by atoms with Crippen molar-refractivity contribution in [1.82, 2.24) is 0 Å². The molecule has 2 aromatic carbocycles. The predicted molar refractivity (Wildman–Crippen MR) is 91.5 cm³/mol. The fourth-order valence-corrected chi connectivity index (χ4v) is 3.67. The van der Waals surface area contributed by atoms with E-state index >= 15 is 0 Å². The number of ether oxygens (including phenoxy) is 2. The van der Waals surface area contributed by atoms with E-state index in [9.17, 15) is 4.79 Å². The molecule has 118 valence electrons. The number of carbonyl (C=O) groups excluding carboxylic acids is 1. The molecule has 1 atom stereocenters. The third-order valence-electron chi connectivity index (χ3n) is 4.42. The van der Waals surface area contributed by atoms with Crippen molar-refractivity contribution in [2.75, 3.05) is 12.1 Å². The Morgan fingerprint density at radius 1 is 1.22 bits per heavy atom. The van der Waals surface area contributed by atoms with Gasteiger partial charge in [0.1, 0.15) is 5.54 Å². The van der Waals surface area contributed by atoms with Crippen LogP contribution in [0.25, 0.3) is 0 Å². The quantitative estimate of drug-likeness (QED) is 0.860. The normalized spacial score (nSPS) is 21.3. The molecule has 0 aromatic heterocycles. The summed E-state index contributed by atoms with van der Waals surface area (Å²) in [6.07, 6.45) is 0.566. The Labute approximate surface area is 142 Å². The monoisotopic (exact) mass is 373 g/mol. The third-order valence-corrected chi connectivity index (χ3v) is 5.16. The molecule has 4 rings (SSSR count). The van der Waals surface area contributed by atoms with Crippen molar-refractivity contribution in [3.05, 3.63) is 51.5 Å². The maximum atomic E-state index is 12.9. The van der Waals surface area contributed by atoms with Crippen LogP contribution in [-0.4, -0.2) is 18.1 Å². The Bertz CT molecular complexity index is 833. The molecule has 1 N–H and O–H groups in total. The van der Waals surface area contributed by atoms with Crippen molar-refractivity contribution in [1.29, 1.82) is 0 Å². The van der Waals surface area contributed by atoms with Crippen LogP contribution < -0.4 is 14.8 Å². The van der Waals surface area contributed by atoms with Crippen molar-refractivity contribution in [3.8, 4) is 11.5 Å². The molecule has 0 saturated heterocycles. The number of carbonyl (C=O) groups is 1. The van der Waals surface area contributed by atoms with Crippen LogP contribution in [0.4, 0.5) is 5.69 Å². The first-order valence-electron chi connectivity index (χ1n) is 7.48. The van der Waals surface area contributed by atoms with E-state index in [1.54, 1.807) is 0 Å². The summed E-state index contributed by atoms with van der Waals surface area (Å²) in [5.41, 5.74) is 3.12. The molecule has 0 aliphatic carbocycles. The highest BCUT2D eigenvalue weighted by Crippen LogP contribution is 2.40. The molecular formula is C18H16BrNO3. The fraction of sp³-hybridized carbons (Fsp3) is 0.278. The van der Waals surface area contributed by atoms with Gasteiger partial charge in [-0.3, -0.25) is 4.79 Å². The van der Waals surface area contributed by atoms with Crippen molar-refractivity contribution in [2.45, 2.75) is 25.8 Å². The second kappa shape index (κ2) is 4.99. The van der Waals surface area contributed by atoms with Crippen LogP contribution in [0.3, 0.4) is 0 Å². The van der Waals surface area contributed by atoms with E-state index in [1.165, 1.54) is 0 Å².